The van der Waals surface area contributed by atoms with Crippen LogP contribution in [0.15, 0.2) is 42.9 Å². The average molecular weight is 595 g/mol. The molecule has 2 unspecified atom stereocenters. The highest BCUT2D eigenvalue weighted by molar-refractivity contribution is 7.21. The first-order valence-electron chi connectivity index (χ1n) is 12.8. The van der Waals surface area contributed by atoms with Crippen LogP contribution in [-0.4, -0.2) is 68.7 Å². The molecule has 0 aliphatic heterocycles. The van der Waals surface area contributed by atoms with Crippen molar-refractivity contribution in [2.24, 2.45) is 0 Å². The number of thiazole rings is 1. The zero-order valence-corrected chi connectivity index (χ0v) is 23.9. The maximum absolute atomic E-state index is 15.0. The molecule has 3 heterocycles. The van der Waals surface area contributed by atoms with E-state index in [0.29, 0.717) is 32.1 Å². The van der Waals surface area contributed by atoms with E-state index in [9.17, 15) is 14.3 Å². The predicted molar refractivity (Wildman–Crippen MR) is 154 cm³/mol. The molecule has 0 saturated heterocycles. The van der Waals surface area contributed by atoms with Crippen molar-refractivity contribution in [3.05, 3.63) is 54.2 Å². The van der Waals surface area contributed by atoms with E-state index in [-0.39, 0.29) is 30.7 Å². The van der Waals surface area contributed by atoms with E-state index in [1.807, 2.05) is 19.1 Å². The van der Waals surface area contributed by atoms with Crippen LogP contribution in [-0.2, 0) is 4.74 Å². The number of aliphatic hydroxyl groups excluding tert-OH is 1. The predicted octanol–water partition coefficient (Wildman–Crippen LogP) is 4.93. The number of nitrogens with zero attached hydrogens (tertiary/aromatic N) is 5. The van der Waals surface area contributed by atoms with Crippen molar-refractivity contribution in [3.8, 4) is 28.2 Å². The quantitative estimate of drug-likeness (QED) is 0.227. The third-order valence-corrected chi connectivity index (χ3v) is 6.81. The summed E-state index contributed by atoms with van der Waals surface area (Å²) >= 11 is 1.37. The van der Waals surface area contributed by atoms with Gasteiger partial charge in [0, 0.05) is 17.7 Å². The van der Waals surface area contributed by atoms with Crippen LogP contribution in [0.25, 0.3) is 31.8 Å². The standard InChI is InChI=1S/C28H27FN6O6S/c1-14-5-18(25-21(6-14)34-24(38-4)11-30-25)26-35-20-7-19(29)22(8-23(20)42-26)41-16(3)13-40-28(37)33-17-9-31-27(32-10-17)39-12-15(2)36/h5-11,15-16,36H,12-13H2,1-4H3,(H,33,37). The second-order valence-corrected chi connectivity index (χ2v) is 10.5. The fraction of sp³-hybridized carbons (Fsp3) is 0.286. The molecule has 0 spiro atoms. The van der Waals surface area contributed by atoms with Gasteiger partial charge in [-0.25, -0.2) is 34.1 Å². The largest absolute Gasteiger partial charge is 0.484 e. The number of halogens is 1. The van der Waals surface area contributed by atoms with Gasteiger partial charge >= 0.3 is 12.1 Å². The Kier molecular flexibility index (Phi) is 8.54. The Balaban J connectivity index is 1.23. The second kappa shape index (κ2) is 12.4. The van der Waals surface area contributed by atoms with E-state index in [2.05, 4.69) is 30.2 Å². The number of nitrogens with one attached hydrogen (secondary N) is 1. The van der Waals surface area contributed by atoms with E-state index in [4.69, 9.17) is 18.9 Å². The number of methoxy groups -OCH3 is 1. The Hall–Kier alpha value is -4.69. The molecule has 0 aliphatic rings. The number of aliphatic hydroxyl groups is 1. The van der Waals surface area contributed by atoms with E-state index in [0.717, 1.165) is 11.1 Å². The van der Waals surface area contributed by atoms with Crippen LogP contribution < -0.4 is 19.5 Å². The van der Waals surface area contributed by atoms with Gasteiger partial charge in [-0.2, -0.15) is 0 Å². The fourth-order valence-corrected chi connectivity index (χ4v) is 4.89. The minimum absolute atomic E-state index is 0.00835. The van der Waals surface area contributed by atoms with E-state index in [1.54, 1.807) is 26.1 Å². The molecule has 2 atom stereocenters. The van der Waals surface area contributed by atoms with Crippen LogP contribution in [0.3, 0.4) is 0 Å². The molecule has 0 bridgehead atoms. The first kappa shape index (κ1) is 28.8. The molecule has 0 aliphatic carbocycles. The lowest BCUT2D eigenvalue weighted by Crippen LogP contribution is -2.24. The van der Waals surface area contributed by atoms with Gasteiger partial charge in [0.1, 0.15) is 24.3 Å². The van der Waals surface area contributed by atoms with Gasteiger partial charge in [-0.3, -0.25) is 5.32 Å². The molecule has 2 N–H and O–H groups in total. The molecule has 0 radical (unpaired) electrons. The van der Waals surface area contributed by atoms with Crippen molar-refractivity contribution in [2.75, 3.05) is 25.6 Å². The number of hydrogen-bond acceptors (Lipinski definition) is 12. The maximum atomic E-state index is 15.0. The van der Waals surface area contributed by atoms with Gasteiger partial charge in [0.05, 0.1) is 58.7 Å². The van der Waals surface area contributed by atoms with Crippen molar-refractivity contribution in [1.29, 1.82) is 0 Å². The minimum Gasteiger partial charge on any atom is -0.484 e. The molecule has 2 aromatic carbocycles. The van der Waals surface area contributed by atoms with Gasteiger partial charge in [0.2, 0.25) is 5.88 Å². The first-order valence-corrected chi connectivity index (χ1v) is 13.7. The van der Waals surface area contributed by atoms with Gasteiger partial charge in [-0.15, -0.1) is 11.3 Å². The Labute approximate surface area is 243 Å². The number of benzene rings is 2. The van der Waals surface area contributed by atoms with Gasteiger partial charge in [0.15, 0.2) is 11.6 Å². The molecule has 5 rings (SSSR count). The first-order chi connectivity index (χ1) is 20.2. The average Bonchev–Trinajstić information content (AvgIpc) is 3.37. The molecular weight excluding hydrogens is 567 g/mol. The Bertz CT molecular complexity index is 1730. The lowest BCUT2D eigenvalue weighted by atomic mass is 10.1. The monoisotopic (exact) mass is 594 g/mol. The number of hydrogen-bond donors (Lipinski definition) is 2. The summed E-state index contributed by atoms with van der Waals surface area (Å²) in [5, 5.41) is 12.4. The van der Waals surface area contributed by atoms with E-state index < -0.39 is 24.1 Å². The molecule has 0 saturated carbocycles. The van der Waals surface area contributed by atoms with Crippen LogP contribution in [0, 0.1) is 12.7 Å². The number of carbonyl (C=O) groups excluding carboxylic acids is 1. The van der Waals surface area contributed by atoms with Crippen molar-refractivity contribution in [1.82, 2.24) is 24.9 Å². The van der Waals surface area contributed by atoms with Crippen LogP contribution >= 0.6 is 11.3 Å². The van der Waals surface area contributed by atoms with Crippen LogP contribution in [0.4, 0.5) is 14.9 Å². The molecule has 12 nitrogen and oxygen atoms in total. The summed E-state index contributed by atoms with van der Waals surface area (Å²) in [4.78, 5) is 33.7. The third kappa shape index (κ3) is 6.78. The Morgan fingerprint density at radius 1 is 1.05 bits per heavy atom. The Morgan fingerprint density at radius 2 is 1.83 bits per heavy atom. The summed E-state index contributed by atoms with van der Waals surface area (Å²) in [5.41, 5.74) is 3.84. The number of fused-ring (bicyclic) bond motifs is 2. The van der Waals surface area contributed by atoms with Crippen molar-refractivity contribution < 1.29 is 33.2 Å². The number of aryl methyl sites for hydroxylation is 1. The lowest BCUT2D eigenvalue weighted by Gasteiger charge is -2.15. The van der Waals surface area contributed by atoms with Gasteiger partial charge in [-0.05, 0) is 38.5 Å². The van der Waals surface area contributed by atoms with Crippen LogP contribution in [0.1, 0.15) is 19.4 Å². The highest BCUT2D eigenvalue weighted by Gasteiger charge is 2.18. The number of rotatable bonds is 10. The fourth-order valence-electron chi connectivity index (χ4n) is 3.89. The smallest absolute Gasteiger partial charge is 0.411 e. The molecule has 14 heteroatoms. The van der Waals surface area contributed by atoms with Crippen LogP contribution in [0.5, 0.6) is 17.6 Å². The topological polar surface area (TPSA) is 151 Å². The molecular formula is C28H27FN6O6S. The number of aromatic nitrogens is 5. The summed E-state index contributed by atoms with van der Waals surface area (Å²) in [6.45, 7) is 5.07. The van der Waals surface area contributed by atoms with Gasteiger partial charge < -0.3 is 24.1 Å². The summed E-state index contributed by atoms with van der Waals surface area (Å²) in [6.07, 6.45) is 2.13. The lowest BCUT2D eigenvalue weighted by molar-refractivity contribution is 0.0969. The third-order valence-electron chi connectivity index (χ3n) is 5.76. The molecule has 5 aromatic rings. The van der Waals surface area contributed by atoms with Crippen molar-refractivity contribution in [3.63, 3.8) is 0 Å². The number of amides is 1. The molecule has 1 amide bonds. The summed E-state index contributed by atoms with van der Waals surface area (Å²) in [5.74, 6) is -0.177. The van der Waals surface area contributed by atoms with E-state index in [1.165, 1.54) is 36.9 Å². The minimum atomic E-state index is -0.763. The van der Waals surface area contributed by atoms with Crippen molar-refractivity contribution >= 4 is 44.4 Å². The number of carbonyl (C=O) groups is 1. The maximum Gasteiger partial charge on any atom is 0.411 e. The Morgan fingerprint density at radius 3 is 2.57 bits per heavy atom. The molecule has 218 valence electrons. The van der Waals surface area contributed by atoms with Crippen molar-refractivity contribution in [2.45, 2.75) is 33.0 Å². The molecule has 0 fully saturated rings. The zero-order valence-electron chi connectivity index (χ0n) is 23.1. The normalized spacial score (nSPS) is 12.6. The van der Waals surface area contributed by atoms with Crippen LogP contribution in [0.2, 0.25) is 0 Å². The number of ether oxygens (including phenoxy) is 4. The second-order valence-electron chi connectivity index (χ2n) is 9.43. The zero-order chi connectivity index (χ0) is 29.8. The summed E-state index contributed by atoms with van der Waals surface area (Å²) < 4.78 is 37.0. The SMILES string of the molecule is COc1cnc2c(-c3nc4cc(F)c(OC(C)COC(=O)Nc5cnc(OCC(C)O)nc5)cc4s3)cc(C)cc2n1. The molecule has 42 heavy (non-hydrogen) atoms. The summed E-state index contributed by atoms with van der Waals surface area (Å²) in [7, 11) is 1.53. The highest BCUT2D eigenvalue weighted by Crippen LogP contribution is 2.37. The highest BCUT2D eigenvalue weighted by atomic mass is 32.1. The molecule has 3 aromatic heterocycles. The van der Waals surface area contributed by atoms with Gasteiger partial charge in [-0.1, -0.05) is 0 Å². The number of anilines is 1. The summed E-state index contributed by atoms with van der Waals surface area (Å²) in [6, 6.07) is 6.83. The van der Waals surface area contributed by atoms with Gasteiger partial charge in [0.25, 0.3) is 0 Å². The van der Waals surface area contributed by atoms with E-state index >= 15 is 0 Å².